The summed E-state index contributed by atoms with van der Waals surface area (Å²) in [6, 6.07) is 17.0. The Bertz CT molecular complexity index is 1440. The summed E-state index contributed by atoms with van der Waals surface area (Å²) in [5, 5.41) is 0.817. The van der Waals surface area contributed by atoms with Gasteiger partial charge in [-0.1, -0.05) is 30.3 Å². The number of halogens is 3. The van der Waals surface area contributed by atoms with Crippen LogP contribution >= 0.6 is 0 Å². The molecule has 1 aliphatic heterocycles. The smallest absolute Gasteiger partial charge is 0.254 e. The first-order chi connectivity index (χ1) is 17.9. The molecule has 0 saturated carbocycles. The van der Waals surface area contributed by atoms with E-state index in [0.717, 1.165) is 17.5 Å². The van der Waals surface area contributed by atoms with Crippen molar-refractivity contribution in [2.45, 2.75) is 11.4 Å². The summed E-state index contributed by atoms with van der Waals surface area (Å²) in [7, 11) is 0. The van der Waals surface area contributed by atoms with Crippen LogP contribution in [0.3, 0.4) is 0 Å². The fourth-order valence-electron chi connectivity index (χ4n) is 4.31. The second kappa shape index (κ2) is 10.8. The number of hydrogen-bond donors (Lipinski definition) is 1. The number of anilines is 1. The number of benzene rings is 3. The molecule has 0 radical (unpaired) electrons. The zero-order valence-electron chi connectivity index (χ0n) is 19.7. The van der Waals surface area contributed by atoms with Gasteiger partial charge in [-0.05, 0) is 36.4 Å². The molecular formula is C27H23F3N4O2S. The Labute approximate surface area is 215 Å². The summed E-state index contributed by atoms with van der Waals surface area (Å²) in [6.45, 7) is 1.93. The van der Waals surface area contributed by atoms with Gasteiger partial charge in [0.1, 0.15) is 22.6 Å². The fraction of sp³-hybridized carbons (Fsp3) is 0.185. The molecular weight excluding hydrogens is 501 g/mol. The molecule has 1 saturated heterocycles. The first-order valence-corrected chi connectivity index (χ1v) is 12.8. The van der Waals surface area contributed by atoms with Gasteiger partial charge in [0.05, 0.1) is 0 Å². The summed E-state index contributed by atoms with van der Waals surface area (Å²) in [6.07, 6.45) is 1.60. The van der Waals surface area contributed by atoms with Crippen LogP contribution in [0.15, 0.2) is 77.8 Å². The third-order valence-corrected chi connectivity index (χ3v) is 7.43. The van der Waals surface area contributed by atoms with E-state index in [-0.39, 0.29) is 29.3 Å². The van der Waals surface area contributed by atoms with Crippen LogP contribution in [0.1, 0.15) is 15.9 Å². The Morgan fingerprint density at radius 1 is 0.946 bits per heavy atom. The van der Waals surface area contributed by atoms with E-state index in [1.54, 1.807) is 29.3 Å². The molecule has 1 amide bonds. The van der Waals surface area contributed by atoms with Crippen molar-refractivity contribution in [1.82, 2.24) is 14.8 Å². The largest absolute Gasteiger partial charge is 0.588 e. The van der Waals surface area contributed by atoms with Crippen molar-refractivity contribution in [2.24, 2.45) is 0 Å². The van der Waals surface area contributed by atoms with Gasteiger partial charge in [-0.15, -0.1) is 0 Å². The van der Waals surface area contributed by atoms with Crippen molar-refractivity contribution in [1.29, 1.82) is 0 Å². The standard InChI is InChI=1S/C27H23F3N4O2S/c28-21-7-1-5-20(25(21)30)17-33-12-14-34(15-13-33)27(35)19-9-10-23(22(29)16-19)32-37(36)24-8-2-4-18-6-3-11-31-26(18)24/h1-11,16,32H,12-15,17H2. The van der Waals surface area contributed by atoms with E-state index in [9.17, 15) is 22.5 Å². The lowest BCUT2D eigenvalue weighted by atomic mass is 10.1. The number of hydrogen-bond acceptors (Lipinski definition) is 5. The number of carbonyl (C=O) groups excluding carboxylic acids is 1. The van der Waals surface area contributed by atoms with Gasteiger partial charge in [-0.25, -0.2) is 17.9 Å². The molecule has 1 unspecified atom stereocenters. The van der Waals surface area contributed by atoms with Crippen molar-refractivity contribution >= 4 is 33.9 Å². The van der Waals surface area contributed by atoms with Crippen LogP contribution in [-0.4, -0.2) is 51.4 Å². The van der Waals surface area contributed by atoms with E-state index in [1.807, 2.05) is 17.0 Å². The molecule has 0 bridgehead atoms. The fourth-order valence-corrected chi connectivity index (χ4v) is 5.34. The van der Waals surface area contributed by atoms with E-state index in [0.29, 0.717) is 36.6 Å². The first-order valence-electron chi connectivity index (χ1n) is 11.7. The lowest BCUT2D eigenvalue weighted by molar-refractivity contribution is 0.0626. The lowest BCUT2D eigenvalue weighted by Crippen LogP contribution is -2.48. The topological polar surface area (TPSA) is 71.5 Å². The molecule has 4 aromatic rings. The molecule has 0 spiro atoms. The van der Waals surface area contributed by atoms with E-state index >= 15 is 0 Å². The van der Waals surface area contributed by atoms with Crippen molar-refractivity contribution in [2.75, 3.05) is 30.9 Å². The highest BCUT2D eigenvalue weighted by Crippen LogP contribution is 2.25. The Balaban J connectivity index is 1.22. The lowest BCUT2D eigenvalue weighted by Gasteiger charge is -2.34. The Morgan fingerprint density at radius 2 is 1.70 bits per heavy atom. The predicted octanol–water partition coefficient (Wildman–Crippen LogP) is 4.74. The average molecular weight is 525 g/mol. The predicted molar refractivity (Wildman–Crippen MR) is 136 cm³/mol. The Morgan fingerprint density at radius 3 is 2.49 bits per heavy atom. The van der Waals surface area contributed by atoms with Crippen LogP contribution in [0.4, 0.5) is 18.9 Å². The van der Waals surface area contributed by atoms with Crippen LogP contribution in [-0.2, 0) is 17.9 Å². The minimum absolute atomic E-state index is 0.00440. The van der Waals surface area contributed by atoms with Crippen LogP contribution < -0.4 is 4.72 Å². The zero-order chi connectivity index (χ0) is 25.9. The number of amides is 1. The molecule has 6 nitrogen and oxygen atoms in total. The van der Waals surface area contributed by atoms with Crippen molar-refractivity contribution in [3.63, 3.8) is 0 Å². The Hall–Kier alpha value is -3.60. The molecule has 2 heterocycles. The van der Waals surface area contributed by atoms with Gasteiger partial charge in [0.15, 0.2) is 17.5 Å². The minimum atomic E-state index is -1.77. The first kappa shape index (κ1) is 25.1. The SMILES string of the molecule is O=C(c1ccc(N[S+]([O-])c2cccc3cccnc23)c(F)c1)N1CCN(Cc2cccc(F)c2F)CC1. The molecule has 0 aliphatic carbocycles. The molecule has 3 aromatic carbocycles. The third kappa shape index (κ3) is 5.41. The average Bonchev–Trinajstić information content (AvgIpc) is 2.92. The molecule has 190 valence electrons. The quantitative estimate of drug-likeness (QED) is 0.369. The summed E-state index contributed by atoms with van der Waals surface area (Å²) in [5.41, 5.74) is 0.999. The van der Waals surface area contributed by atoms with Crippen LogP contribution in [0.2, 0.25) is 0 Å². The maximum absolute atomic E-state index is 14.9. The summed E-state index contributed by atoms with van der Waals surface area (Å²) in [4.78, 5) is 21.2. The molecule has 1 aromatic heterocycles. The molecule has 10 heteroatoms. The number of nitrogens with zero attached hydrogens (tertiary/aromatic N) is 3. The van der Waals surface area contributed by atoms with E-state index in [4.69, 9.17) is 0 Å². The number of rotatable bonds is 6. The number of carbonyl (C=O) groups is 1. The monoisotopic (exact) mass is 524 g/mol. The zero-order valence-corrected chi connectivity index (χ0v) is 20.5. The number of nitrogens with one attached hydrogen (secondary N) is 1. The van der Waals surface area contributed by atoms with Gasteiger partial charge in [0.2, 0.25) is 4.90 Å². The van der Waals surface area contributed by atoms with Gasteiger partial charge in [0.25, 0.3) is 5.91 Å². The molecule has 37 heavy (non-hydrogen) atoms. The van der Waals surface area contributed by atoms with Crippen molar-refractivity contribution in [3.8, 4) is 0 Å². The highest BCUT2D eigenvalue weighted by Gasteiger charge is 2.25. The second-order valence-electron chi connectivity index (χ2n) is 8.68. The van der Waals surface area contributed by atoms with E-state index < -0.39 is 28.8 Å². The van der Waals surface area contributed by atoms with Crippen LogP contribution in [0.5, 0.6) is 0 Å². The maximum atomic E-state index is 14.9. The Kier molecular flexibility index (Phi) is 7.31. The van der Waals surface area contributed by atoms with Gasteiger partial charge in [0, 0.05) is 55.4 Å². The summed E-state index contributed by atoms with van der Waals surface area (Å²) in [5.74, 6) is -2.78. The number of para-hydroxylation sites is 1. The van der Waals surface area contributed by atoms with Gasteiger partial charge in [-0.2, -0.15) is 0 Å². The van der Waals surface area contributed by atoms with Crippen molar-refractivity contribution in [3.05, 3.63) is 102 Å². The molecule has 1 atom stereocenters. The summed E-state index contributed by atoms with van der Waals surface area (Å²) >= 11 is -1.77. The molecule has 1 N–H and O–H groups in total. The number of piperazine rings is 1. The maximum Gasteiger partial charge on any atom is 0.254 e. The minimum Gasteiger partial charge on any atom is -0.588 e. The highest BCUT2D eigenvalue weighted by molar-refractivity contribution is 7.93. The molecule has 5 rings (SSSR count). The second-order valence-corrected chi connectivity index (χ2v) is 9.86. The van der Waals surface area contributed by atoms with Gasteiger partial charge >= 0.3 is 0 Å². The normalized spacial score (nSPS) is 15.1. The van der Waals surface area contributed by atoms with E-state index in [2.05, 4.69) is 9.71 Å². The van der Waals surface area contributed by atoms with Crippen LogP contribution in [0.25, 0.3) is 10.9 Å². The number of pyridine rings is 1. The molecule has 1 aliphatic rings. The van der Waals surface area contributed by atoms with Crippen molar-refractivity contribution < 1.29 is 22.5 Å². The number of fused-ring (bicyclic) bond motifs is 1. The summed E-state index contributed by atoms with van der Waals surface area (Å²) < 4.78 is 57.9. The highest BCUT2D eigenvalue weighted by atomic mass is 32.2. The van der Waals surface area contributed by atoms with E-state index in [1.165, 1.54) is 24.3 Å². The third-order valence-electron chi connectivity index (χ3n) is 6.30. The van der Waals surface area contributed by atoms with Gasteiger partial charge < -0.3 is 9.45 Å². The number of aromatic nitrogens is 1. The molecule has 1 fully saturated rings. The van der Waals surface area contributed by atoms with Crippen LogP contribution in [0, 0.1) is 17.5 Å². The van der Waals surface area contributed by atoms with Gasteiger partial charge in [-0.3, -0.25) is 14.7 Å².